The van der Waals surface area contributed by atoms with Gasteiger partial charge in [-0.3, -0.25) is 0 Å². The summed E-state index contributed by atoms with van der Waals surface area (Å²) in [7, 11) is 0. The topological polar surface area (TPSA) is 4.93 Å². The van der Waals surface area contributed by atoms with Crippen molar-refractivity contribution in [3.8, 4) is 5.69 Å². The number of aromatic nitrogens is 1. The molecule has 0 N–H and O–H groups in total. The lowest BCUT2D eigenvalue weighted by atomic mass is 10.3. The van der Waals surface area contributed by atoms with Crippen molar-refractivity contribution in [1.82, 2.24) is 4.57 Å². The monoisotopic (exact) mass is 409 g/mol. The molecule has 0 saturated carbocycles. The largest absolute Gasteiger partial charge is 0.315 e. The van der Waals surface area contributed by atoms with E-state index in [2.05, 4.69) is 81.9 Å². The molecule has 0 unspecified atom stereocenters. The van der Waals surface area contributed by atoms with E-state index in [1.165, 1.54) is 11.1 Å². The molecule has 2 rings (SSSR count). The van der Waals surface area contributed by atoms with Crippen molar-refractivity contribution in [3.05, 3.63) is 47.1 Å². The third-order valence-corrected chi connectivity index (χ3v) is 5.42. The average molecular weight is 412 g/mol. The zero-order valence-electron chi connectivity index (χ0n) is 7.57. The van der Waals surface area contributed by atoms with Crippen LogP contribution in [0.15, 0.2) is 47.1 Å². The Hall–Kier alpha value is 0.370. The molecule has 1 aromatic carbocycles. The van der Waals surface area contributed by atoms with Crippen molar-refractivity contribution in [1.29, 1.82) is 0 Å². The second-order valence-electron chi connectivity index (χ2n) is 2.95. The van der Waals surface area contributed by atoms with Gasteiger partial charge in [-0.1, -0.05) is 15.9 Å². The number of halogens is 3. The number of hydrogen-bond donors (Lipinski definition) is 0. The summed E-state index contributed by atoms with van der Waals surface area (Å²) in [6.07, 6.45) is 2.07. The molecule has 0 radical (unpaired) electrons. The highest BCUT2D eigenvalue weighted by molar-refractivity contribution is 9.70. The highest BCUT2D eigenvalue weighted by Crippen LogP contribution is 2.51. The predicted octanol–water partition coefficient (Wildman–Crippen LogP) is 4.97. The van der Waals surface area contributed by atoms with Gasteiger partial charge in [0.2, 0.25) is 0 Å². The van der Waals surface area contributed by atoms with E-state index in [0.717, 1.165) is 4.47 Å². The van der Waals surface area contributed by atoms with Crippen LogP contribution in [-0.2, 0) is 0 Å². The van der Waals surface area contributed by atoms with Gasteiger partial charge in [0.15, 0.2) is 0 Å². The lowest BCUT2D eigenvalue weighted by Crippen LogP contribution is -2.08. The zero-order valence-corrected chi connectivity index (χ0v) is 13.2. The van der Waals surface area contributed by atoms with E-state index < -0.39 is 5.33 Å². The molecule has 0 aliphatic rings. The van der Waals surface area contributed by atoms with Crippen LogP contribution in [0.2, 0.25) is 0 Å². The van der Waals surface area contributed by atoms with Crippen LogP contribution in [-0.4, -0.2) is 4.57 Å². The van der Waals surface area contributed by atoms with E-state index in [9.17, 15) is 0 Å². The van der Waals surface area contributed by atoms with Gasteiger partial charge >= 0.3 is 0 Å². The summed E-state index contributed by atoms with van der Waals surface area (Å²) in [5.74, 6) is 0. The van der Waals surface area contributed by atoms with Crippen molar-refractivity contribution in [3.63, 3.8) is 0 Å². The quantitative estimate of drug-likeness (QED) is 0.615. The molecule has 78 valence electrons. The van der Waals surface area contributed by atoms with Gasteiger partial charge in [0, 0.05) is 16.4 Å². The summed E-state index contributed by atoms with van der Waals surface area (Å²) >= 11 is 10.6. The minimum atomic E-state index is -0.434. The fourth-order valence-corrected chi connectivity index (χ4v) is 3.87. The minimum absolute atomic E-state index is 0.434. The maximum Gasteiger partial charge on any atom is 0.0828 e. The molecule has 0 aliphatic heterocycles. The van der Waals surface area contributed by atoms with Crippen LogP contribution in [0, 0.1) is 0 Å². The first-order valence-corrected chi connectivity index (χ1v) is 10.4. The second-order valence-corrected chi connectivity index (χ2v) is 11.9. The van der Waals surface area contributed by atoms with Crippen LogP contribution in [0.3, 0.4) is 0 Å². The number of hydrogen-bond acceptors (Lipinski definition) is 0. The third-order valence-electron chi connectivity index (χ3n) is 2.01. The Bertz CT molecular complexity index is 450. The van der Waals surface area contributed by atoms with Crippen LogP contribution >= 0.6 is 52.2 Å². The number of rotatable bonds is 2. The molecule has 0 aliphatic carbocycles. The molecule has 2 aromatic rings. The molecule has 0 bridgehead atoms. The normalized spacial score (nSPS) is 10.9. The van der Waals surface area contributed by atoms with Gasteiger partial charge in [-0.2, -0.15) is 0 Å². The Balaban J connectivity index is 2.45. The third kappa shape index (κ3) is 2.73. The maximum absolute atomic E-state index is 3.58. The van der Waals surface area contributed by atoms with E-state index in [4.69, 9.17) is 0 Å². The molecule has 0 saturated heterocycles. The Morgan fingerprint density at radius 3 is 2.27 bits per heavy atom. The SMILES string of the molecule is Brc1ccc(-n2cccc2P(Br)Br)cc1. The molecule has 1 heterocycles. The Morgan fingerprint density at radius 1 is 1.00 bits per heavy atom. The first kappa shape index (κ1) is 11.8. The molecule has 0 spiro atoms. The number of nitrogens with zero attached hydrogens (tertiary/aromatic N) is 1. The van der Waals surface area contributed by atoms with Crippen LogP contribution in [0.25, 0.3) is 5.69 Å². The van der Waals surface area contributed by atoms with Gasteiger partial charge in [0.1, 0.15) is 0 Å². The van der Waals surface area contributed by atoms with Gasteiger partial charge < -0.3 is 4.57 Å². The standard InChI is InChI=1S/C10H7Br3NP/c11-8-3-5-9(6-4-8)14-7-1-2-10(14)15(12)13/h1-7H. The van der Waals surface area contributed by atoms with Gasteiger partial charge in [0.25, 0.3) is 0 Å². The van der Waals surface area contributed by atoms with E-state index in [1.54, 1.807) is 0 Å². The molecule has 1 nitrogen and oxygen atoms in total. The van der Waals surface area contributed by atoms with Crippen LogP contribution < -0.4 is 5.44 Å². The average Bonchev–Trinajstić information content (AvgIpc) is 2.67. The lowest BCUT2D eigenvalue weighted by molar-refractivity contribution is 1.12. The number of benzene rings is 1. The molecule has 5 heteroatoms. The fraction of sp³-hybridized carbons (Fsp3) is 0. The van der Waals surface area contributed by atoms with Crippen LogP contribution in [0.4, 0.5) is 0 Å². The first-order chi connectivity index (χ1) is 7.18. The van der Waals surface area contributed by atoms with Crippen LogP contribution in [0.1, 0.15) is 0 Å². The van der Waals surface area contributed by atoms with Crippen LogP contribution in [0.5, 0.6) is 0 Å². The van der Waals surface area contributed by atoms with Gasteiger partial charge in [0.05, 0.1) is 10.8 Å². The summed E-state index contributed by atoms with van der Waals surface area (Å²) in [5, 5.41) is -0.434. The first-order valence-electron chi connectivity index (χ1n) is 4.23. The highest BCUT2D eigenvalue weighted by Gasteiger charge is 2.09. The second kappa shape index (κ2) is 5.13. The molecule has 15 heavy (non-hydrogen) atoms. The fourth-order valence-electron chi connectivity index (χ4n) is 1.33. The summed E-state index contributed by atoms with van der Waals surface area (Å²) < 4.78 is 3.27. The van der Waals surface area contributed by atoms with Crippen molar-refractivity contribution in [2.45, 2.75) is 0 Å². The van der Waals surface area contributed by atoms with Gasteiger partial charge in [-0.15, -0.1) is 0 Å². The van der Waals surface area contributed by atoms with Crippen molar-refractivity contribution in [2.24, 2.45) is 0 Å². The van der Waals surface area contributed by atoms with E-state index in [0.29, 0.717) is 0 Å². The van der Waals surface area contributed by atoms with E-state index in [1.807, 2.05) is 12.1 Å². The Kier molecular flexibility index (Phi) is 4.05. The Labute approximate surface area is 114 Å². The summed E-state index contributed by atoms with van der Waals surface area (Å²) in [6, 6.07) is 12.4. The molecule has 0 fully saturated rings. The molecule has 0 atom stereocenters. The smallest absolute Gasteiger partial charge is 0.0828 e. The maximum atomic E-state index is 3.58. The lowest BCUT2D eigenvalue weighted by Gasteiger charge is -2.09. The minimum Gasteiger partial charge on any atom is -0.315 e. The van der Waals surface area contributed by atoms with E-state index in [-0.39, 0.29) is 0 Å². The van der Waals surface area contributed by atoms with E-state index >= 15 is 0 Å². The van der Waals surface area contributed by atoms with Gasteiger partial charge in [-0.05, 0) is 67.4 Å². The summed E-state index contributed by atoms with van der Waals surface area (Å²) in [4.78, 5) is 0. The highest BCUT2D eigenvalue weighted by atomic mass is 79.9. The molecule has 1 aromatic heterocycles. The molecular weight excluding hydrogens is 405 g/mol. The molecule has 0 amide bonds. The Morgan fingerprint density at radius 2 is 1.67 bits per heavy atom. The summed E-state index contributed by atoms with van der Waals surface area (Å²) in [5.41, 5.74) is 2.41. The van der Waals surface area contributed by atoms with Gasteiger partial charge in [-0.25, -0.2) is 0 Å². The molecular formula is C10H7Br3NP. The summed E-state index contributed by atoms with van der Waals surface area (Å²) in [6.45, 7) is 0. The zero-order chi connectivity index (χ0) is 10.8. The van der Waals surface area contributed by atoms with Crippen molar-refractivity contribution in [2.75, 3.05) is 0 Å². The predicted molar refractivity (Wildman–Crippen MR) is 77.9 cm³/mol. The van der Waals surface area contributed by atoms with Crippen molar-refractivity contribution >= 4 is 57.7 Å². The van der Waals surface area contributed by atoms with Crippen molar-refractivity contribution < 1.29 is 0 Å².